The van der Waals surface area contributed by atoms with Gasteiger partial charge in [0.15, 0.2) is 0 Å². The predicted molar refractivity (Wildman–Crippen MR) is 51.4 cm³/mol. The smallest absolute Gasteiger partial charge is 0.267 e. The van der Waals surface area contributed by atoms with Crippen molar-refractivity contribution < 1.29 is 0 Å². The summed E-state index contributed by atoms with van der Waals surface area (Å²) in [5.74, 6) is 0. The first-order valence-corrected chi connectivity index (χ1v) is 4.14. The van der Waals surface area contributed by atoms with Crippen molar-refractivity contribution in [1.29, 1.82) is 0 Å². The van der Waals surface area contributed by atoms with Gasteiger partial charge in [-0.25, -0.2) is 4.98 Å². The first-order valence-electron chi connectivity index (χ1n) is 3.06. The topological polar surface area (TPSA) is 34.9 Å². The molecule has 58 valence electrons. The quantitative estimate of drug-likeness (QED) is 0.589. The maximum atomic E-state index is 11.2. The van der Waals surface area contributed by atoms with Gasteiger partial charge in [0.2, 0.25) is 0 Å². The molecule has 1 heterocycles. The average molecular weight is 262 g/mol. The van der Waals surface area contributed by atoms with Crippen molar-refractivity contribution in [2.24, 2.45) is 0 Å². The van der Waals surface area contributed by atoms with Gasteiger partial charge in [0.1, 0.15) is 0 Å². The summed E-state index contributed by atoms with van der Waals surface area (Å²) in [6, 6.07) is 0. The number of halogens is 1. The van der Waals surface area contributed by atoms with Gasteiger partial charge >= 0.3 is 0 Å². The van der Waals surface area contributed by atoms with Crippen LogP contribution in [-0.2, 0) is 6.54 Å². The SMILES string of the molecule is C=CCn1cncc(I)c1=O. The van der Waals surface area contributed by atoms with E-state index in [0.29, 0.717) is 10.1 Å². The highest BCUT2D eigenvalue weighted by molar-refractivity contribution is 14.1. The third-order valence-corrected chi connectivity index (χ3v) is 1.92. The second-order valence-electron chi connectivity index (χ2n) is 1.99. The zero-order valence-electron chi connectivity index (χ0n) is 5.83. The third kappa shape index (κ3) is 1.89. The molecule has 4 heteroatoms. The number of hydrogen-bond acceptors (Lipinski definition) is 2. The summed E-state index contributed by atoms with van der Waals surface area (Å²) in [6.45, 7) is 4.05. The Bertz CT molecular complexity index is 318. The number of rotatable bonds is 2. The second kappa shape index (κ2) is 3.66. The summed E-state index contributed by atoms with van der Waals surface area (Å²) >= 11 is 1.96. The zero-order valence-corrected chi connectivity index (χ0v) is 7.98. The van der Waals surface area contributed by atoms with E-state index in [1.807, 2.05) is 22.6 Å². The van der Waals surface area contributed by atoms with Crippen LogP contribution in [0.4, 0.5) is 0 Å². The van der Waals surface area contributed by atoms with Crippen LogP contribution in [-0.4, -0.2) is 9.55 Å². The molecule has 0 N–H and O–H groups in total. The van der Waals surface area contributed by atoms with E-state index in [1.54, 1.807) is 12.3 Å². The lowest BCUT2D eigenvalue weighted by Gasteiger charge is -1.98. The summed E-state index contributed by atoms with van der Waals surface area (Å²) in [4.78, 5) is 15.1. The molecule has 3 nitrogen and oxygen atoms in total. The van der Waals surface area contributed by atoms with Crippen molar-refractivity contribution in [1.82, 2.24) is 9.55 Å². The van der Waals surface area contributed by atoms with Gasteiger partial charge in [0.05, 0.1) is 9.90 Å². The minimum Gasteiger partial charge on any atom is -0.294 e. The summed E-state index contributed by atoms with van der Waals surface area (Å²) in [6.07, 6.45) is 4.72. The Morgan fingerprint density at radius 2 is 2.55 bits per heavy atom. The molecule has 0 saturated heterocycles. The lowest BCUT2D eigenvalue weighted by atomic mass is 10.5. The van der Waals surface area contributed by atoms with Crippen LogP contribution < -0.4 is 5.56 Å². The molecular formula is C7H7IN2O. The van der Waals surface area contributed by atoms with E-state index in [9.17, 15) is 4.79 Å². The van der Waals surface area contributed by atoms with E-state index in [-0.39, 0.29) is 5.56 Å². The fraction of sp³-hybridized carbons (Fsp3) is 0.143. The van der Waals surface area contributed by atoms with Crippen LogP contribution in [0.15, 0.2) is 30.0 Å². The molecule has 0 radical (unpaired) electrons. The van der Waals surface area contributed by atoms with E-state index in [1.165, 1.54) is 10.9 Å². The molecule has 1 aromatic heterocycles. The summed E-state index contributed by atoms with van der Waals surface area (Å²) in [7, 11) is 0. The van der Waals surface area contributed by atoms with Crippen LogP contribution in [0, 0.1) is 3.57 Å². The van der Waals surface area contributed by atoms with Crippen molar-refractivity contribution in [3.8, 4) is 0 Å². The van der Waals surface area contributed by atoms with Crippen LogP contribution in [0.2, 0.25) is 0 Å². The van der Waals surface area contributed by atoms with Crippen LogP contribution in [0.3, 0.4) is 0 Å². The Morgan fingerprint density at radius 1 is 1.82 bits per heavy atom. The van der Waals surface area contributed by atoms with Crippen LogP contribution >= 0.6 is 22.6 Å². The van der Waals surface area contributed by atoms with Gasteiger partial charge in [-0.05, 0) is 22.6 Å². The predicted octanol–water partition coefficient (Wildman–Crippen LogP) is 1.03. The molecule has 0 aliphatic rings. The second-order valence-corrected chi connectivity index (χ2v) is 3.15. The van der Waals surface area contributed by atoms with Gasteiger partial charge in [-0.2, -0.15) is 0 Å². The van der Waals surface area contributed by atoms with Crippen molar-refractivity contribution in [2.45, 2.75) is 6.54 Å². The van der Waals surface area contributed by atoms with Gasteiger partial charge in [-0.15, -0.1) is 6.58 Å². The molecule has 1 rings (SSSR count). The van der Waals surface area contributed by atoms with E-state index in [4.69, 9.17) is 0 Å². The molecule has 0 amide bonds. The largest absolute Gasteiger partial charge is 0.294 e. The van der Waals surface area contributed by atoms with Crippen molar-refractivity contribution >= 4 is 22.6 Å². The Balaban J connectivity index is 3.16. The fourth-order valence-corrected chi connectivity index (χ4v) is 1.16. The Morgan fingerprint density at radius 3 is 3.18 bits per heavy atom. The normalized spacial score (nSPS) is 9.55. The summed E-state index contributed by atoms with van der Waals surface area (Å²) < 4.78 is 2.14. The zero-order chi connectivity index (χ0) is 8.27. The summed E-state index contributed by atoms with van der Waals surface area (Å²) in [5.41, 5.74) is -0.0134. The molecule has 0 unspecified atom stereocenters. The minimum absolute atomic E-state index is 0.0134. The van der Waals surface area contributed by atoms with Gasteiger partial charge in [0, 0.05) is 12.7 Å². The van der Waals surface area contributed by atoms with Crippen molar-refractivity contribution in [3.63, 3.8) is 0 Å². The highest BCUT2D eigenvalue weighted by Crippen LogP contribution is 1.92. The van der Waals surface area contributed by atoms with E-state index in [0.717, 1.165) is 0 Å². The highest BCUT2D eigenvalue weighted by atomic mass is 127. The molecule has 0 spiro atoms. The number of nitrogens with zero attached hydrogens (tertiary/aromatic N) is 2. The monoisotopic (exact) mass is 262 g/mol. The maximum Gasteiger partial charge on any atom is 0.267 e. The molecule has 0 aromatic carbocycles. The van der Waals surface area contributed by atoms with E-state index >= 15 is 0 Å². The van der Waals surface area contributed by atoms with Gasteiger partial charge < -0.3 is 0 Å². The van der Waals surface area contributed by atoms with Gasteiger partial charge in [-0.1, -0.05) is 6.08 Å². The Hall–Kier alpha value is -0.650. The molecule has 0 atom stereocenters. The minimum atomic E-state index is -0.0134. The van der Waals surface area contributed by atoms with Crippen LogP contribution in [0.25, 0.3) is 0 Å². The number of aromatic nitrogens is 2. The molecule has 0 bridgehead atoms. The first kappa shape index (κ1) is 8.45. The molecule has 0 fully saturated rings. The van der Waals surface area contributed by atoms with Crippen LogP contribution in [0.5, 0.6) is 0 Å². The molecule has 0 aliphatic heterocycles. The van der Waals surface area contributed by atoms with E-state index < -0.39 is 0 Å². The van der Waals surface area contributed by atoms with Gasteiger partial charge in [0.25, 0.3) is 5.56 Å². The van der Waals surface area contributed by atoms with Crippen molar-refractivity contribution in [2.75, 3.05) is 0 Å². The Kier molecular flexibility index (Phi) is 2.81. The standard InChI is InChI=1S/C7H7IN2O/c1-2-3-10-5-9-4-6(8)7(10)11/h2,4-5H,1,3H2. The fourth-order valence-electron chi connectivity index (χ4n) is 0.693. The van der Waals surface area contributed by atoms with Gasteiger partial charge in [-0.3, -0.25) is 9.36 Å². The molecule has 0 aliphatic carbocycles. The van der Waals surface area contributed by atoms with Crippen molar-refractivity contribution in [3.05, 3.63) is 39.1 Å². The molecule has 11 heavy (non-hydrogen) atoms. The lowest BCUT2D eigenvalue weighted by molar-refractivity contribution is 0.748. The van der Waals surface area contributed by atoms with Crippen LogP contribution in [0.1, 0.15) is 0 Å². The third-order valence-electron chi connectivity index (χ3n) is 1.18. The number of allylic oxidation sites excluding steroid dienone is 1. The Labute approximate surface area is 77.9 Å². The highest BCUT2D eigenvalue weighted by Gasteiger charge is 1.96. The number of hydrogen-bond donors (Lipinski definition) is 0. The van der Waals surface area contributed by atoms with E-state index in [2.05, 4.69) is 11.6 Å². The first-order chi connectivity index (χ1) is 5.25. The maximum absolute atomic E-state index is 11.2. The molecular weight excluding hydrogens is 255 g/mol. The lowest BCUT2D eigenvalue weighted by Crippen LogP contribution is -2.21. The molecule has 1 aromatic rings. The molecule has 0 saturated carbocycles. The summed E-state index contributed by atoms with van der Waals surface area (Å²) in [5, 5.41) is 0. The average Bonchev–Trinajstić information content (AvgIpc) is 1.99.